The minimum absolute atomic E-state index is 0.0823. The van der Waals surface area contributed by atoms with E-state index in [9.17, 15) is 4.79 Å². The number of nitrogens with one attached hydrogen (secondary N) is 1. The number of ether oxygens (including phenoxy) is 1. The maximum absolute atomic E-state index is 11.9. The Bertz CT molecular complexity index is 783. The number of hydrogen-bond acceptors (Lipinski definition) is 4. The second kappa shape index (κ2) is 5.80. The summed E-state index contributed by atoms with van der Waals surface area (Å²) in [5.41, 5.74) is 3.17. The Kier molecular flexibility index (Phi) is 3.82. The topological polar surface area (TPSA) is 51.5 Å². The highest BCUT2D eigenvalue weighted by Crippen LogP contribution is 2.35. The minimum Gasteiger partial charge on any atom is -0.465 e. The van der Waals surface area contributed by atoms with Crippen molar-refractivity contribution in [3.63, 3.8) is 0 Å². The predicted molar refractivity (Wildman–Crippen MR) is 91.2 cm³/mol. The molecule has 0 fully saturated rings. The van der Waals surface area contributed by atoms with Crippen molar-refractivity contribution < 1.29 is 13.9 Å². The van der Waals surface area contributed by atoms with Gasteiger partial charge in [0.05, 0.1) is 11.8 Å². The number of carbonyl (C=O) groups excluding carboxylic acids is 1. The Morgan fingerprint density at radius 3 is 2.87 bits per heavy atom. The first-order valence-electron chi connectivity index (χ1n) is 7.48. The van der Waals surface area contributed by atoms with Gasteiger partial charge in [0.15, 0.2) is 0 Å². The number of fused-ring (bicyclic) bond motifs is 1. The van der Waals surface area contributed by atoms with Crippen LogP contribution in [0.1, 0.15) is 32.1 Å². The van der Waals surface area contributed by atoms with E-state index in [0.717, 1.165) is 16.8 Å². The van der Waals surface area contributed by atoms with Crippen LogP contribution in [0.3, 0.4) is 0 Å². The van der Waals surface area contributed by atoms with Crippen molar-refractivity contribution in [3.8, 4) is 5.75 Å². The van der Waals surface area contributed by atoms with Gasteiger partial charge in [0.2, 0.25) is 0 Å². The zero-order chi connectivity index (χ0) is 16.4. The zero-order valence-electron chi connectivity index (χ0n) is 13.4. The molecule has 0 unspecified atom stereocenters. The lowest BCUT2D eigenvalue weighted by Crippen LogP contribution is -2.31. The molecule has 1 aliphatic heterocycles. The van der Waals surface area contributed by atoms with Crippen molar-refractivity contribution in [2.75, 3.05) is 5.32 Å². The van der Waals surface area contributed by atoms with Crippen LogP contribution in [-0.2, 0) is 4.79 Å². The third kappa shape index (κ3) is 3.54. The largest absolute Gasteiger partial charge is 0.465 e. The van der Waals surface area contributed by atoms with E-state index >= 15 is 0 Å². The molecule has 1 aliphatic rings. The molecule has 4 heteroatoms. The normalized spacial score (nSPS) is 15.7. The first kappa shape index (κ1) is 15.2. The lowest BCUT2D eigenvalue weighted by atomic mass is 9.91. The summed E-state index contributed by atoms with van der Waals surface area (Å²) in [6.07, 6.45) is 6.65. The van der Waals surface area contributed by atoms with E-state index in [2.05, 4.69) is 32.2 Å². The van der Waals surface area contributed by atoms with E-state index in [1.54, 1.807) is 30.5 Å². The third-order valence-electron chi connectivity index (χ3n) is 3.60. The molecule has 2 aromatic rings. The summed E-state index contributed by atoms with van der Waals surface area (Å²) in [4.78, 5) is 11.9. The molecule has 0 bridgehead atoms. The van der Waals surface area contributed by atoms with Gasteiger partial charge in [0.1, 0.15) is 11.5 Å². The monoisotopic (exact) mass is 309 g/mol. The number of carbonyl (C=O) groups is 1. The van der Waals surface area contributed by atoms with Crippen molar-refractivity contribution in [2.24, 2.45) is 0 Å². The fraction of sp³-hybridized carbons (Fsp3) is 0.211. The molecule has 2 heterocycles. The summed E-state index contributed by atoms with van der Waals surface area (Å²) in [6, 6.07) is 9.13. The molecule has 118 valence electrons. The van der Waals surface area contributed by atoms with Crippen LogP contribution >= 0.6 is 0 Å². The van der Waals surface area contributed by atoms with Crippen LogP contribution < -0.4 is 10.1 Å². The fourth-order valence-electron chi connectivity index (χ4n) is 2.71. The minimum atomic E-state index is -0.438. The average molecular weight is 309 g/mol. The second-order valence-electron chi connectivity index (χ2n) is 6.15. The molecule has 23 heavy (non-hydrogen) atoms. The van der Waals surface area contributed by atoms with Gasteiger partial charge in [-0.15, -0.1) is 0 Å². The molecule has 0 aliphatic carbocycles. The summed E-state index contributed by atoms with van der Waals surface area (Å²) >= 11 is 0. The number of benzene rings is 1. The highest BCUT2D eigenvalue weighted by atomic mass is 16.5. The van der Waals surface area contributed by atoms with Crippen LogP contribution in [-0.4, -0.2) is 11.5 Å². The van der Waals surface area contributed by atoms with E-state index in [4.69, 9.17) is 9.15 Å². The Balaban J connectivity index is 1.75. The number of furan rings is 1. The van der Waals surface area contributed by atoms with Crippen molar-refractivity contribution in [1.82, 2.24) is 0 Å². The standard InChI is InChI=1S/C19H19NO3/c1-13-12-19(2,3)20-17-8-6-15(11-16(13)17)23-18(21)9-7-14-5-4-10-22-14/h4-12,20H,1-3H3/b9-7+. The van der Waals surface area contributed by atoms with Crippen LogP contribution in [0.4, 0.5) is 5.69 Å². The predicted octanol–water partition coefficient (Wildman–Crippen LogP) is 4.51. The third-order valence-corrected chi connectivity index (χ3v) is 3.60. The molecule has 0 saturated heterocycles. The summed E-state index contributed by atoms with van der Waals surface area (Å²) in [5, 5.41) is 3.45. The summed E-state index contributed by atoms with van der Waals surface area (Å²) in [6.45, 7) is 6.30. The lowest BCUT2D eigenvalue weighted by Gasteiger charge is -2.31. The van der Waals surface area contributed by atoms with E-state index in [0.29, 0.717) is 11.5 Å². The second-order valence-corrected chi connectivity index (χ2v) is 6.15. The smallest absolute Gasteiger partial charge is 0.336 e. The molecule has 0 spiro atoms. The SMILES string of the molecule is CC1=CC(C)(C)Nc2ccc(OC(=O)/C=C/c3ccco3)cc21. The van der Waals surface area contributed by atoms with Crippen LogP contribution in [0.2, 0.25) is 0 Å². The number of hydrogen-bond donors (Lipinski definition) is 1. The van der Waals surface area contributed by atoms with Gasteiger partial charge in [0.25, 0.3) is 0 Å². The van der Waals surface area contributed by atoms with Gasteiger partial charge < -0.3 is 14.5 Å². The Morgan fingerprint density at radius 2 is 2.13 bits per heavy atom. The lowest BCUT2D eigenvalue weighted by molar-refractivity contribution is -0.128. The number of allylic oxidation sites excluding steroid dienone is 1. The molecule has 4 nitrogen and oxygen atoms in total. The molecule has 1 aromatic heterocycles. The van der Waals surface area contributed by atoms with Crippen molar-refractivity contribution in [2.45, 2.75) is 26.3 Å². The number of anilines is 1. The van der Waals surface area contributed by atoms with Crippen molar-refractivity contribution in [3.05, 3.63) is 60.1 Å². The first-order valence-corrected chi connectivity index (χ1v) is 7.48. The molecule has 0 atom stereocenters. The molecule has 0 saturated carbocycles. The molecular weight excluding hydrogens is 290 g/mol. The summed E-state index contributed by atoms with van der Waals surface area (Å²) in [5.74, 6) is 0.691. The van der Waals surface area contributed by atoms with Gasteiger partial charge in [-0.05, 0) is 62.8 Å². The van der Waals surface area contributed by atoms with Crippen LogP contribution in [0.15, 0.2) is 53.2 Å². The summed E-state index contributed by atoms with van der Waals surface area (Å²) < 4.78 is 10.5. The van der Waals surface area contributed by atoms with E-state index < -0.39 is 5.97 Å². The molecule has 0 amide bonds. The van der Waals surface area contributed by atoms with Gasteiger partial charge in [0, 0.05) is 17.3 Å². The summed E-state index contributed by atoms with van der Waals surface area (Å²) in [7, 11) is 0. The van der Waals surface area contributed by atoms with E-state index in [1.165, 1.54) is 6.08 Å². The van der Waals surface area contributed by atoms with E-state index in [1.807, 2.05) is 12.1 Å². The van der Waals surface area contributed by atoms with Gasteiger partial charge in [-0.1, -0.05) is 6.08 Å². The van der Waals surface area contributed by atoms with E-state index in [-0.39, 0.29) is 5.54 Å². The maximum atomic E-state index is 11.9. The van der Waals surface area contributed by atoms with Crippen LogP contribution in [0, 0.1) is 0 Å². The Morgan fingerprint density at radius 1 is 1.30 bits per heavy atom. The number of esters is 1. The van der Waals surface area contributed by atoms with Gasteiger partial charge in [-0.3, -0.25) is 0 Å². The quantitative estimate of drug-likeness (QED) is 0.515. The van der Waals surface area contributed by atoms with Gasteiger partial charge >= 0.3 is 5.97 Å². The van der Waals surface area contributed by atoms with Gasteiger partial charge in [-0.2, -0.15) is 0 Å². The van der Waals surface area contributed by atoms with Crippen molar-refractivity contribution >= 4 is 23.3 Å². The Hall–Kier alpha value is -2.75. The molecule has 0 radical (unpaired) electrons. The van der Waals surface area contributed by atoms with Gasteiger partial charge in [-0.25, -0.2) is 4.79 Å². The van der Waals surface area contributed by atoms with Crippen LogP contribution in [0.25, 0.3) is 11.6 Å². The van der Waals surface area contributed by atoms with Crippen LogP contribution in [0.5, 0.6) is 5.75 Å². The highest BCUT2D eigenvalue weighted by Gasteiger charge is 2.22. The molecule has 1 aromatic carbocycles. The number of rotatable bonds is 3. The molecule has 1 N–H and O–H groups in total. The highest BCUT2D eigenvalue weighted by molar-refractivity contribution is 5.89. The molecule has 3 rings (SSSR count). The fourth-order valence-corrected chi connectivity index (χ4v) is 2.71. The maximum Gasteiger partial charge on any atom is 0.336 e. The molecular formula is C19H19NO3. The average Bonchev–Trinajstić information content (AvgIpc) is 2.98. The Labute approximate surface area is 135 Å². The van der Waals surface area contributed by atoms with Crippen molar-refractivity contribution in [1.29, 1.82) is 0 Å². The zero-order valence-corrected chi connectivity index (χ0v) is 13.4. The first-order chi connectivity index (χ1) is 10.9.